The van der Waals surface area contributed by atoms with E-state index >= 15 is 0 Å². The Morgan fingerprint density at radius 3 is 2.43 bits per heavy atom. The average molecular weight is 337 g/mol. The number of hydrogen-bond acceptors (Lipinski definition) is 3. The Hall–Kier alpha value is -1.92. The van der Waals surface area contributed by atoms with E-state index < -0.39 is 15.8 Å². The molecule has 0 aliphatic heterocycles. The van der Waals surface area contributed by atoms with E-state index in [0.717, 1.165) is 12.5 Å². The highest BCUT2D eigenvalue weighted by atomic mass is 32.2. The molecule has 0 aromatic heterocycles. The summed E-state index contributed by atoms with van der Waals surface area (Å²) in [6.45, 7) is 3.98. The van der Waals surface area contributed by atoms with E-state index in [4.69, 9.17) is 4.74 Å². The number of rotatable bonds is 7. The van der Waals surface area contributed by atoms with Crippen LogP contribution in [0.5, 0.6) is 5.75 Å². The summed E-state index contributed by atoms with van der Waals surface area (Å²) in [6, 6.07) is 11.3. The summed E-state index contributed by atoms with van der Waals surface area (Å²) in [7, 11) is -3.67. The van der Waals surface area contributed by atoms with Gasteiger partial charge in [0.05, 0.1) is 4.90 Å². The van der Waals surface area contributed by atoms with Crippen LogP contribution in [0, 0.1) is 12.7 Å². The second kappa shape index (κ2) is 7.57. The molecule has 124 valence electrons. The van der Waals surface area contributed by atoms with Gasteiger partial charge in [-0.15, -0.1) is 0 Å². The molecule has 0 heterocycles. The molecule has 1 N–H and O–H groups in total. The van der Waals surface area contributed by atoms with Crippen LogP contribution >= 0.6 is 0 Å². The van der Waals surface area contributed by atoms with E-state index in [9.17, 15) is 12.8 Å². The molecular formula is C17H20FNO3S. The van der Waals surface area contributed by atoms with Crippen molar-refractivity contribution < 1.29 is 17.5 Å². The fourth-order valence-electron chi connectivity index (χ4n) is 2.16. The van der Waals surface area contributed by atoms with Gasteiger partial charge in [-0.05, 0) is 54.8 Å². The molecule has 0 spiro atoms. The molecular weight excluding hydrogens is 317 g/mol. The third kappa shape index (κ3) is 4.77. The average Bonchev–Trinajstić information content (AvgIpc) is 2.52. The van der Waals surface area contributed by atoms with Gasteiger partial charge < -0.3 is 4.74 Å². The van der Waals surface area contributed by atoms with Crippen LogP contribution in [-0.2, 0) is 16.4 Å². The van der Waals surface area contributed by atoms with E-state index in [2.05, 4.69) is 11.6 Å². The summed E-state index contributed by atoms with van der Waals surface area (Å²) >= 11 is 0. The minimum Gasteiger partial charge on any atom is -0.492 e. The Labute approximate surface area is 136 Å². The molecule has 6 heteroatoms. The number of nitrogens with one attached hydrogen (secondary N) is 1. The van der Waals surface area contributed by atoms with Crippen molar-refractivity contribution >= 4 is 10.0 Å². The van der Waals surface area contributed by atoms with Gasteiger partial charge in [0, 0.05) is 6.54 Å². The number of aryl methyl sites for hydroxylation is 2. The summed E-state index contributed by atoms with van der Waals surface area (Å²) in [5, 5.41) is 0. The van der Waals surface area contributed by atoms with Gasteiger partial charge in [0.1, 0.15) is 18.2 Å². The third-order valence-corrected chi connectivity index (χ3v) is 5.04. The van der Waals surface area contributed by atoms with Gasteiger partial charge in [-0.25, -0.2) is 17.5 Å². The first-order chi connectivity index (χ1) is 10.9. The third-order valence-electron chi connectivity index (χ3n) is 3.42. The van der Waals surface area contributed by atoms with E-state index in [1.54, 1.807) is 6.92 Å². The zero-order valence-corrected chi connectivity index (χ0v) is 14.0. The van der Waals surface area contributed by atoms with Gasteiger partial charge >= 0.3 is 0 Å². The van der Waals surface area contributed by atoms with Crippen LogP contribution < -0.4 is 9.46 Å². The van der Waals surface area contributed by atoms with Crippen molar-refractivity contribution in [3.63, 3.8) is 0 Å². The highest BCUT2D eigenvalue weighted by Gasteiger charge is 2.16. The Kier molecular flexibility index (Phi) is 5.74. The molecule has 0 bridgehead atoms. The maximum atomic E-state index is 13.0. The zero-order valence-electron chi connectivity index (χ0n) is 13.2. The first kappa shape index (κ1) is 17.4. The lowest BCUT2D eigenvalue weighted by molar-refractivity contribution is 0.322. The van der Waals surface area contributed by atoms with Gasteiger partial charge in [-0.3, -0.25) is 0 Å². The summed E-state index contributed by atoms with van der Waals surface area (Å²) in [5.74, 6) is 0.236. The molecule has 4 nitrogen and oxygen atoms in total. The maximum Gasteiger partial charge on any atom is 0.240 e. The number of benzene rings is 2. The summed E-state index contributed by atoms with van der Waals surface area (Å²) in [5.41, 5.74) is 1.58. The van der Waals surface area contributed by atoms with Crippen molar-refractivity contribution in [2.75, 3.05) is 13.2 Å². The van der Waals surface area contributed by atoms with Gasteiger partial charge in [0.2, 0.25) is 10.0 Å². The summed E-state index contributed by atoms with van der Waals surface area (Å²) in [4.78, 5) is 0.0752. The number of halogens is 1. The highest BCUT2D eigenvalue weighted by Crippen LogP contribution is 2.16. The number of hydrogen-bond donors (Lipinski definition) is 1. The molecule has 0 radical (unpaired) electrons. The van der Waals surface area contributed by atoms with E-state index in [1.807, 2.05) is 24.3 Å². The quantitative estimate of drug-likeness (QED) is 0.790. The molecule has 0 aliphatic carbocycles. The fraction of sp³-hybridized carbons (Fsp3) is 0.294. The first-order valence-corrected chi connectivity index (χ1v) is 8.88. The molecule has 0 fully saturated rings. The molecule has 2 aromatic carbocycles. The lowest BCUT2D eigenvalue weighted by Gasteiger charge is -2.10. The minimum atomic E-state index is -3.67. The topological polar surface area (TPSA) is 55.4 Å². The van der Waals surface area contributed by atoms with E-state index in [-0.39, 0.29) is 18.0 Å². The van der Waals surface area contributed by atoms with Crippen LogP contribution in [0.15, 0.2) is 47.4 Å². The monoisotopic (exact) mass is 337 g/mol. The number of sulfonamides is 1. The Balaban J connectivity index is 1.89. The fourth-order valence-corrected chi connectivity index (χ4v) is 3.40. The first-order valence-electron chi connectivity index (χ1n) is 7.40. The summed E-state index contributed by atoms with van der Waals surface area (Å²) < 4.78 is 45.3. The maximum absolute atomic E-state index is 13.0. The lowest BCUT2D eigenvalue weighted by atomic mass is 10.2. The van der Waals surface area contributed by atoms with Crippen molar-refractivity contribution in [2.45, 2.75) is 25.2 Å². The van der Waals surface area contributed by atoms with Gasteiger partial charge in [0.15, 0.2) is 0 Å². The second-order valence-electron chi connectivity index (χ2n) is 5.15. The molecule has 0 saturated heterocycles. The van der Waals surface area contributed by atoms with Crippen LogP contribution in [0.2, 0.25) is 0 Å². The molecule has 0 unspecified atom stereocenters. The van der Waals surface area contributed by atoms with Crippen LogP contribution in [0.25, 0.3) is 0 Å². The molecule has 0 amide bonds. The Morgan fingerprint density at radius 1 is 1.13 bits per heavy atom. The molecule has 23 heavy (non-hydrogen) atoms. The lowest BCUT2D eigenvalue weighted by Crippen LogP contribution is -2.28. The normalized spacial score (nSPS) is 11.4. The van der Waals surface area contributed by atoms with Crippen molar-refractivity contribution in [2.24, 2.45) is 0 Å². The van der Waals surface area contributed by atoms with Gasteiger partial charge in [-0.1, -0.05) is 19.1 Å². The van der Waals surface area contributed by atoms with E-state index in [0.29, 0.717) is 11.3 Å². The van der Waals surface area contributed by atoms with Gasteiger partial charge in [0.25, 0.3) is 0 Å². The predicted molar refractivity (Wildman–Crippen MR) is 87.6 cm³/mol. The Bertz CT molecular complexity index is 758. The molecule has 2 aromatic rings. The summed E-state index contributed by atoms with van der Waals surface area (Å²) in [6.07, 6.45) is 0.955. The highest BCUT2D eigenvalue weighted by molar-refractivity contribution is 7.89. The molecule has 0 saturated carbocycles. The second-order valence-corrected chi connectivity index (χ2v) is 6.89. The standard InChI is InChI=1S/C17H20FNO3S/c1-3-14-4-7-16(8-5-14)22-11-10-19-23(20,21)17-9-6-15(18)12-13(17)2/h4-9,12,19H,3,10-11H2,1-2H3. The predicted octanol–water partition coefficient (Wildman–Crippen LogP) is 3.05. The van der Waals surface area contributed by atoms with Crippen molar-refractivity contribution in [1.82, 2.24) is 4.72 Å². The van der Waals surface area contributed by atoms with Crippen molar-refractivity contribution in [3.8, 4) is 5.75 Å². The van der Waals surface area contributed by atoms with Crippen LogP contribution in [-0.4, -0.2) is 21.6 Å². The SMILES string of the molecule is CCc1ccc(OCCNS(=O)(=O)c2ccc(F)cc2C)cc1. The minimum absolute atomic E-state index is 0.0752. The Morgan fingerprint density at radius 2 is 1.83 bits per heavy atom. The van der Waals surface area contributed by atoms with Crippen LogP contribution in [0.3, 0.4) is 0 Å². The van der Waals surface area contributed by atoms with Crippen LogP contribution in [0.4, 0.5) is 4.39 Å². The van der Waals surface area contributed by atoms with Crippen LogP contribution in [0.1, 0.15) is 18.1 Å². The largest absolute Gasteiger partial charge is 0.492 e. The molecule has 0 aliphatic rings. The zero-order chi connectivity index (χ0) is 16.9. The number of ether oxygens (including phenoxy) is 1. The molecule has 2 rings (SSSR count). The van der Waals surface area contributed by atoms with Crippen molar-refractivity contribution in [3.05, 3.63) is 59.4 Å². The van der Waals surface area contributed by atoms with E-state index in [1.165, 1.54) is 17.7 Å². The van der Waals surface area contributed by atoms with Crippen molar-refractivity contribution in [1.29, 1.82) is 0 Å². The molecule has 0 atom stereocenters. The smallest absolute Gasteiger partial charge is 0.240 e. The van der Waals surface area contributed by atoms with Gasteiger partial charge in [-0.2, -0.15) is 0 Å².